The van der Waals surface area contributed by atoms with Crippen molar-refractivity contribution >= 4 is 33.0 Å². The van der Waals surface area contributed by atoms with Gasteiger partial charge in [0.25, 0.3) is 11.8 Å². The quantitative estimate of drug-likeness (QED) is 0.495. The Bertz CT molecular complexity index is 1460. The Morgan fingerprint density at radius 1 is 0.974 bits per heavy atom. The van der Waals surface area contributed by atoms with Crippen LogP contribution in [0.3, 0.4) is 0 Å². The molecule has 1 aliphatic carbocycles. The van der Waals surface area contributed by atoms with Crippen molar-refractivity contribution in [1.29, 1.82) is 0 Å². The SMILES string of the molecule is CS(=O)(=O)c1cc(C(=O)N2CC3C(C2)[C@@H]2CN(C(=O)c4ccc5c(c4)NNN5)C[C@H]32)cnc1OCC(F)(F)F.[HH].[HH]. The predicted molar refractivity (Wildman–Crippen MR) is 136 cm³/mol. The minimum atomic E-state index is -4.68. The molecule has 3 aliphatic heterocycles. The van der Waals surface area contributed by atoms with E-state index in [0.29, 0.717) is 31.7 Å². The average Bonchev–Trinajstić information content (AvgIpc) is 3.59. The van der Waals surface area contributed by atoms with Gasteiger partial charge in [0.15, 0.2) is 16.4 Å². The van der Waals surface area contributed by atoms with Crippen LogP contribution in [0.4, 0.5) is 24.5 Å². The van der Waals surface area contributed by atoms with Crippen molar-refractivity contribution in [2.75, 3.05) is 49.9 Å². The van der Waals surface area contributed by atoms with Gasteiger partial charge < -0.3 is 25.4 Å². The standard InChI is InChI=1S/C24H25F3N6O5S.2H2/c1-39(36,37)20-5-13(6-28-21(20)38-11-24(25,26)27)23(35)33-9-16-14-7-32(8-15(14)17(16)10-33)22(34)12-2-3-18-19(4-12)30-31-29-18;;/h2-6,14-17,29-31H,7-11H2,1H3;2*1H/t14-,15+,16?,17?;;. The van der Waals surface area contributed by atoms with E-state index in [1.165, 1.54) is 0 Å². The van der Waals surface area contributed by atoms with Crippen molar-refractivity contribution in [3.05, 3.63) is 41.6 Å². The van der Waals surface area contributed by atoms with Gasteiger partial charge in [-0.15, -0.1) is 5.53 Å². The molecule has 2 saturated heterocycles. The van der Waals surface area contributed by atoms with Crippen molar-refractivity contribution < 1.29 is 38.8 Å². The summed E-state index contributed by atoms with van der Waals surface area (Å²) < 4.78 is 66.7. The number of likely N-dealkylation sites (tertiary alicyclic amines) is 2. The molecule has 4 aliphatic rings. The van der Waals surface area contributed by atoms with E-state index >= 15 is 0 Å². The van der Waals surface area contributed by atoms with Crippen LogP contribution in [-0.4, -0.2) is 80.2 Å². The number of carbonyl (C=O) groups is 2. The summed E-state index contributed by atoms with van der Waals surface area (Å²) >= 11 is 0. The van der Waals surface area contributed by atoms with Crippen LogP contribution < -0.4 is 21.1 Å². The van der Waals surface area contributed by atoms with E-state index in [-0.39, 0.29) is 38.0 Å². The van der Waals surface area contributed by atoms with Crippen LogP contribution in [0.15, 0.2) is 35.4 Å². The molecule has 3 N–H and O–H groups in total. The van der Waals surface area contributed by atoms with Gasteiger partial charge in [-0.25, -0.2) is 13.4 Å². The lowest BCUT2D eigenvalue weighted by molar-refractivity contribution is -0.154. The maximum atomic E-state index is 13.2. The first-order valence-electron chi connectivity index (χ1n) is 12.3. The Balaban J connectivity index is 0.00000194. The van der Waals surface area contributed by atoms with Crippen LogP contribution in [-0.2, 0) is 9.84 Å². The van der Waals surface area contributed by atoms with Crippen LogP contribution >= 0.6 is 0 Å². The molecule has 15 heteroatoms. The molecular weight excluding hydrogens is 541 g/mol. The highest BCUT2D eigenvalue weighted by atomic mass is 32.2. The van der Waals surface area contributed by atoms with Crippen molar-refractivity contribution in [2.45, 2.75) is 11.1 Å². The lowest BCUT2D eigenvalue weighted by atomic mass is 9.60. The number of anilines is 2. The Kier molecular flexibility index (Phi) is 5.91. The van der Waals surface area contributed by atoms with Gasteiger partial charge in [-0.3, -0.25) is 9.59 Å². The third kappa shape index (κ3) is 4.62. The highest BCUT2D eigenvalue weighted by molar-refractivity contribution is 7.90. The van der Waals surface area contributed by atoms with Crippen LogP contribution in [0.5, 0.6) is 5.88 Å². The number of carbonyl (C=O) groups excluding carboxylic acids is 2. The second-order valence-electron chi connectivity index (χ2n) is 10.4. The van der Waals surface area contributed by atoms with Crippen LogP contribution in [0.2, 0.25) is 0 Å². The van der Waals surface area contributed by atoms with E-state index in [9.17, 15) is 31.2 Å². The maximum Gasteiger partial charge on any atom is 0.422 e. The lowest BCUT2D eigenvalue weighted by Crippen LogP contribution is -2.44. The Morgan fingerprint density at radius 3 is 2.10 bits per heavy atom. The van der Waals surface area contributed by atoms with Gasteiger partial charge in [0, 0.05) is 47.0 Å². The number of pyridine rings is 1. The van der Waals surface area contributed by atoms with Gasteiger partial charge >= 0.3 is 6.18 Å². The summed E-state index contributed by atoms with van der Waals surface area (Å²) in [4.78, 5) is 33.0. The number of hydrogen-bond donors (Lipinski definition) is 3. The maximum absolute atomic E-state index is 13.2. The number of hydrogen-bond acceptors (Lipinski definition) is 9. The average molecular weight is 571 g/mol. The number of amides is 2. The molecule has 2 unspecified atom stereocenters. The topological polar surface area (TPSA) is 133 Å². The predicted octanol–water partition coefficient (Wildman–Crippen LogP) is 2.27. The fourth-order valence-electron chi connectivity index (χ4n) is 6.20. The number of nitrogens with one attached hydrogen (secondary N) is 3. The van der Waals surface area contributed by atoms with Crippen molar-refractivity contribution in [1.82, 2.24) is 20.3 Å². The molecule has 11 nitrogen and oxygen atoms in total. The highest BCUT2D eigenvalue weighted by Gasteiger charge is 2.59. The molecule has 2 aromatic rings. The first kappa shape index (κ1) is 25.7. The van der Waals surface area contributed by atoms with Crippen LogP contribution in [0.1, 0.15) is 23.6 Å². The summed E-state index contributed by atoms with van der Waals surface area (Å²) in [6, 6.07) is 6.43. The van der Waals surface area contributed by atoms with E-state index in [1.54, 1.807) is 17.0 Å². The molecule has 1 aromatic heterocycles. The Morgan fingerprint density at radius 2 is 1.54 bits per heavy atom. The minimum absolute atomic E-state index is 0. The molecule has 2 amide bonds. The molecule has 0 spiro atoms. The minimum Gasteiger partial charge on any atom is -0.467 e. The monoisotopic (exact) mass is 570 g/mol. The summed E-state index contributed by atoms with van der Waals surface area (Å²) in [6.07, 6.45) is -2.82. The molecule has 6 rings (SSSR count). The van der Waals surface area contributed by atoms with Gasteiger partial charge in [0.2, 0.25) is 5.88 Å². The van der Waals surface area contributed by atoms with E-state index in [4.69, 9.17) is 0 Å². The van der Waals surface area contributed by atoms with Gasteiger partial charge in [-0.05, 0) is 47.9 Å². The second kappa shape index (κ2) is 8.98. The number of alkyl halides is 3. The van der Waals surface area contributed by atoms with E-state index in [1.807, 2.05) is 11.0 Å². The molecule has 1 aromatic carbocycles. The van der Waals surface area contributed by atoms with E-state index < -0.39 is 39.3 Å². The number of rotatable bonds is 5. The zero-order valence-corrected chi connectivity index (χ0v) is 21.5. The third-order valence-corrected chi connectivity index (χ3v) is 9.09. The van der Waals surface area contributed by atoms with Gasteiger partial charge in [0.1, 0.15) is 4.90 Å². The van der Waals surface area contributed by atoms with Crippen molar-refractivity contribution in [2.24, 2.45) is 23.7 Å². The fraction of sp³-hybridized carbons (Fsp3) is 0.458. The fourth-order valence-corrected chi connectivity index (χ4v) is 6.97. The molecule has 1 saturated carbocycles. The number of benzene rings is 1. The molecule has 39 heavy (non-hydrogen) atoms. The lowest BCUT2D eigenvalue weighted by Gasteiger charge is -2.42. The Labute approximate surface area is 224 Å². The zero-order chi connectivity index (χ0) is 27.7. The molecule has 3 fully saturated rings. The summed E-state index contributed by atoms with van der Waals surface area (Å²) in [6.45, 7) is 0.392. The zero-order valence-electron chi connectivity index (χ0n) is 20.7. The molecule has 0 radical (unpaired) electrons. The number of sulfone groups is 1. The van der Waals surface area contributed by atoms with Gasteiger partial charge in [-0.2, -0.15) is 13.2 Å². The number of aromatic nitrogens is 1. The van der Waals surface area contributed by atoms with Gasteiger partial charge in [-0.1, -0.05) is 0 Å². The van der Waals surface area contributed by atoms with Crippen molar-refractivity contribution in [3.8, 4) is 5.88 Å². The summed E-state index contributed by atoms with van der Waals surface area (Å²) in [5, 5.41) is 0. The van der Waals surface area contributed by atoms with E-state index in [0.717, 1.165) is 29.9 Å². The number of halogens is 3. The third-order valence-electron chi connectivity index (χ3n) is 8.00. The van der Waals surface area contributed by atoms with E-state index in [2.05, 4.69) is 26.1 Å². The largest absolute Gasteiger partial charge is 0.467 e. The molecule has 4 atom stereocenters. The second-order valence-corrected chi connectivity index (χ2v) is 12.4. The summed E-state index contributed by atoms with van der Waals surface area (Å²) in [7, 11) is -4.02. The van der Waals surface area contributed by atoms with Gasteiger partial charge in [0.05, 0.1) is 16.9 Å². The number of ether oxygens (including phenoxy) is 1. The van der Waals surface area contributed by atoms with Crippen molar-refractivity contribution in [3.63, 3.8) is 0 Å². The normalized spacial score (nSPS) is 25.2. The summed E-state index contributed by atoms with van der Waals surface area (Å²) in [5.41, 5.74) is 10.9. The highest BCUT2D eigenvalue weighted by Crippen LogP contribution is 2.54. The first-order valence-corrected chi connectivity index (χ1v) is 14.2. The summed E-state index contributed by atoms with van der Waals surface area (Å²) in [5.74, 6) is -0.237. The number of nitrogens with zero attached hydrogens (tertiary/aromatic N) is 3. The Hall–Kier alpha value is -3.59. The molecule has 4 heterocycles. The number of hydrazine groups is 2. The molecule has 212 valence electrons. The molecular formula is C24H29F3N6O5S. The first-order chi connectivity index (χ1) is 18.4. The van der Waals surface area contributed by atoms with Crippen LogP contribution in [0.25, 0.3) is 0 Å². The molecule has 0 bridgehead atoms. The number of fused-ring (bicyclic) bond motifs is 5. The van der Waals surface area contributed by atoms with Crippen LogP contribution in [0, 0.1) is 23.7 Å². The smallest absolute Gasteiger partial charge is 0.422 e.